The largest absolute Gasteiger partial charge is 0.311 e. The van der Waals surface area contributed by atoms with Gasteiger partial charge < -0.3 is 5.32 Å². The van der Waals surface area contributed by atoms with Crippen LogP contribution < -0.4 is 5.32 Å². The molecule has 112 valence electrons. The lowest BCUT2D eigenvalue weighted by Crippen LogP contribution is -2.19. The van der Waals surface area contributed by atoms with Crippen LogP contribution in [0.4, 0.5) is 0 Å². The normalized spacial score (nSPS) is 10.7. The Morgan fingerprint density at radius 1 is 1.21 bits per heavy atom. The van der Waals surface area contributed by atoms with E-state index in [9.17, 15) is 0 Å². The van der Waals surface area contributed by atoms with E-state index in [0.29, 0.717) is 5.92 Å². The molecule has 3 nitrogen and oxygen atoms in total. The molecule has 4 heteroatoms. The van der Waals surface area contributed by atoms with Gasteiger partial charge in [0.15, 0.2) is 0 Å². The third-order valence-corrected chi connectivity index (χ3v) is 3.11. The fourth-order valence-electron chi connectivity index (χ4n) is 2.09. The molecule has 1 heterocycles. The fourth-order valence-corrected chi connectivity index (χ4v) is 2.09. The highest BCUT2D eigenvalue weighted by molar-refractivity contribution is 5.85. The van der Waals surface area contributed by atoms with E-state index in [4.69, 9.17) is 0 Å². The van der Waals surface area contributed by atoms with Gasteiger partial charge in [0.2, 0.25) is 0 Å². The minimum Gasteiger partial charge on any atom is -0.311 e. The lowest BCUT2D eigenvalue weighted by Gasteiger charge is -2.10. The van der Waals surface area contributed by atoms with Crippen LogP contribution in [0, 0.1) is 5.92 Å². The summed E-state index contributed by atoms with van der Waals surface area (Å²) in [4.78, 5) is 0. The van der Waals surface area contributed by atoms with Gasteiger partial charge >= 0.3 is 0 Å². The predicted octanol–water partition coefficient (Wildman–Crippen LogP) is 4.02. The fraction of sp³-hybridized carbons (Fsp3) is 0.800. The van der Waals surface area contributed by atoms with Crippen LogP contribution >= 0.6 is 12.4 Å². The minimum atomic E-state index is 0. The molecule has 0 saturated heterocycles. The lowest BCUT2D eigenvalue weighted by atomic mass is 10.1. The van der Waals surface area contributed by atoms with E-state index in [2.05, 4.69) is 41.9 Å². The van der Waals surface area contributed by atoms with Crippen molar-refractivity contribution in [2.24, 2.45) is 5.92 Å². The maximum Gasteiger partial charge on any atom is 0.0522 e. The van der Waals surface area contributed by atoms with Gasteiger partial charge in [-0.1, -0.05) is 46.5 Å². The first kappa shape index (κ1) is 18.5. The lowest BCUT2D eigenvalue weighted by molar-refractivity contribution is 0.459. The highest BCUT2D eigenvalue weighted by Crippen LogP contribution is 2.04. The quantitative estimate of drug-likeness (QED) is 0.659. The van der Waals surface area contributed by atoms with Crippen LogP contribution in [-0.2, 0) is 13.1 Å². The number of aromatic nitrogens is 2. The summed E-state index contributed by atoms with van der Waals surface area (Å²) >= 11 is 0. The summed E-state index contributed by atoms with van der Waals surface area (Å²) < 4.78 is 2.12. The van der Waals surface area contributed by atoms with E-state index >= 15 is 0 Å². The van der Waals surface area contributed by atoms with Crippen LogP contribution in [-0.4, -0.2) is 16.3 Å². The third-order valence-electron chi connectivity index (χ3n) is 3.11. The highest BCUT2D eigenvalue weighted by Gasteiger charge is 2.03. The molecular formula is C15H30ClN3. The molecule has 1 N–H and O–H groups in total. The maximum absolute atomic E-state index is 4.37. The van der Waals surface area contributed by atoms with Crippen LogP contribution in [0.15, 0.2) is 12.3 Å². The second-order valence-corrected chi connectivity index (χ2v) is 5.49. The molecular weight excluding hydrogens is 258 g/mol. The summed E-state index contributed by atoms with van der Waals surface area (Å²) in [6.07, 6.45) is 8.62. The molecule has 19 heavy (non-hydrogen) atoms. The molecule has 0 atom stereocenters. The van der Waals surface area contributed by atoms with Gasteiger partial charge in [-0.15, -0.1) is 12.4 Å². The van der Waals surface area contributed by atoms with Crippen molar-refractivity contribution in [2.45, 2.75) is 66.0 Å². The van der Waals surface area contributed by atoms with Crippen LogP contribution in [0.1, 0.15) is 58.6 Å². The predicted molar refractivity (Wildman–Crippen MR) is 84.8 cm³/mol. The molecule has 0 saturated carbocycles. The topological polar surface area (TPSA) is 29.9 Å². The van der Waals surface area contributed by atoms with Crippen molar-refractivity contribution in [1.82, 2.24) is 15.1 Å². The average Bonchev–Trinajstić information content (AvgIpc) is 2.75. The highest BCUT2D eigenvalue weighted by atomic mass is 35.5. The smallest absolute Gasteiger partial charge is 0.0522 e. The Labute approximate surface area is 124 Å². The van der Waals surface area contributed by atoms with E-state index in [0.717, 1.165) is 19.6 Å². The van der Waals surface area contributed by atoms with E-state index in [1.165, 1.54) is 37.8 Å². The van der Waals surface area contributed by atoms with E-state index < -0.39 is 0 Å². The van der Waals surface area contributed by atoms with Crippen molar-refractivity contribution in [3.8, 4) is 0 Å². The maximum atomic E-state index is 4.37. The first-order valence-electron chi connectivity index (χ1n) is 7.45. The second kappa shape index (κ2) is 11.3. The summed E-state index contributed by atoms with van der Waals surface area (Å²) in [5.74, 6) is 0.651. The first-order valence-corrected chi connectivity index (χ1v) is 7.45. The molecule has 0 aliphatic heterocycles. The number of halogens is 1. The van der Waals surface area contributed by atoms with Gasteiger partial charge in [-0.2, -0.15) is 5.10 Å². The second-order valence-electron chi connectivity index (χ2n) is 5.49. The van der Waals surface area contributed by atoms with Gasteiger partial charge in [-0.3, -0.25) is 4.68 Å². The molecule has 0 aliphatic rings. The van der Waals surface area contributed by atoms with Crippen molar-refractivity contribution in [2.75, 3.05) is 6.54 Å². The summed E-state index contributed by atoms with van der Waals surface area (Å²) in [6, 6.07) is 2.12. The molecule has 0 radical (unpaired) electrons. The van der Waals surface area contributed by atoms with Gasteiger partial charge in [0, 0.05) is 19.3 Å². The number of nitrogens with one attached hydrogen (secondary N) is 1. The molecule has 1 rings (SSSR count). The Balaban J connectivity index is 0.00000324. The van der Waals surface area contributed by atoms with Gasteiger partial charge in [-0.25, -0.2) is 0 Å². The molecule has 1 aromatic heterocycles. The summed E-state index contributed by atoms with van der Waals surface area (Å²) in [5.41, 5.74) is 1.30. The molecule has 0 aliphatic carbocycles. The Bertz CT molecular complexity index is 310. The zero-order chi connectivity index (χ0) is 13.2. The van der Waals surface area contributed by atoms with E-state index in [1.807, 2.05) is 6.20 Å². The zero-order valence-electron chi connectivity index (χ0n) is 12.7. The number of rotatable bonds is 10. The van der Waals surface area contributed by atoms with Crippen molar-refractivity contribution in [3.05, 3.63) is 18.0 Å². The third kappa shape index (κ3) is 8.27. The molecule has 1 aromatic rings. The van der Waals surface area contributed by atoms with Gasteiger partial charge in [0.25, 0.3) is 0 Å². The van der Waals surface area contributed by atoms with Crippen LogP contribution in [0.3, 0.4) is 0 Å². The number of hydrogen-bond acceptors (Lipinski definition) is 2. The van der Waals surface area contributed by atoms with Crippen molar-refractivity contribution >= 4 is 12.4 Å². The Kier molecular flexibility index (Phi) is 11.0. The first-order chi connectivity index (χ1) is 8.74. The SMILES string of the molecule is CCCCCCCNCc1ccnn1CC(C)C.Cl. The monoisotopic (exact) mass is 287 g/mol. The minimum absolute atomic E-state index is 0. The number of nitrogens with zero attached hydrogens (tertiary/aromatic N) is 2. The molecule has 0 fully saturated rings. The Morgan fingerprint density at radius 2 is 1.95 bits per heavy atom. The van der Waals surface area contributed by atoms with Crippen molar-refractivity contribution in [3.63, 3.8) is 0 Å². The standard InChI is InChI=1S/C15H29N3.ClH/c1-4-5-6-7-8-10-16-12-15-9-11-17-18(15)13-14(2)3;/h9,11,14,16H,4-8,10,12-13H2,1-3H3;1H. The molecule has 0 unspecified atom stereocenters. The molecule has 0 spiro atoms. The van der Waals surface area contributed by atoms with Gasteiger partial charge in [0.05, 0.1) is 5.69 Å². The Morgan fingerprint density at radius 3 is 2.63 bits per heavy atom. The van der Waals surface area contributed by atoms with Crippen LogP contribution in [0.25, 0.3) is 0 Å². The molecule has 0 amide bonds. The van der Waals surface area contributed by atoms with Gasteiger partial charge in [0.1, 0.15) is 0 Å². The van der Waals surface area contributed by atoms with Crippen molar-refractivity contribution < 1.29 is 0 Å². The van der Waals surface area contributed by atoms with Crippen molar-refractivity contribution in [1.29, 1.82) is 0 Å². The van der Waals surface area contributed by atoms with Gasteiger partial charge in [-0.05, 0) is 24.9 Å². The summed E-state index contributed by atoms with van der Waals surface area (Å²) in [5, 5.41) is 7.89. The van der Waals surface area contributed by atoms with E-state index in [1.54, 1.807) is 0 Å². The average molecular weight is 288 g/mol. The number of unbranched alkanes of at least 4 members (excludes halogenated alkanes) is 4. The number of hydrogen-bond donors (Lipinski definition) is 1. The van der Waals surface area contributed by atoms with E-state index in [-0.39, 0.29) is 12.4 Å². The zero-order valence-corrected chi connectivity index (χ0v) is 13.5. The van der Waals surface area contributed by atoms with Crippen LogP contribution in [0.2, 0.25) is 0 Å². The molecule has 0 aromatic carbocycles. The molecule has 0 bridgehead atoms. The van der Waals surface area contributed by atoms with Crippen LogP contribution in [0.5, 0.6) is 0 Å². The Hall–Kier alpha value is -0.540. The summed E-state index contributed by atoms with van der Waals surface area (Å²) in [6.45, 7) is 9.80. The summed E-state index contributed by atoms with van der Waals surface area (Å²) in [7, 11) is 0.